The summed E-state index contributed by atoms with van der Waals surface area (Å²) in [6, 6.07) is 3.08. The van der Waals surface area contributed by atoms with E-state index in [1.54, 1.807) is 6.07 Å². The molecule has 0 radical (unpaired) electrons. The molecule has 1 heterocycles. The second kappa shape index (κ2) is 6.43. The molecule has 0 unspecified atom stereocenters. The molecule has 1 aromatic rings. The van der Waals surface area contributed by atoms with Crippen molar-refractivity contribution < 1.29 is 9.18 Å². The van der Waals surface area contributed by atoms with Crippen molar-refractivity contribution in [2.45, 2.75) is 19.8 Å². The Morgan fingerprint density at radius 2 is 2.15 bits per heavy atom. The first kappa shape index (κ1) is 15.1. The van der Waals surface area contributed by atoms with E-state index in [-0.39, 0.29) is 11.7 Å². The van der Waals surface area contributed by atoms with Crippen LogP contribution in [0.2, 0.25) is 0 Å². The van der Waals surface area contributed by atoms with E-state index in [1.165, 1.54) is 13.0 Å². The molecule has 0 aliphatic carbocycles. The molecule has 1 aromatic carbocycles. The molecule has 4 nitrogen and oxygen atoms in total. The van der Waals surface area contributed by atoms with E-state index in [1.807, 2.05) is 0 Å². The fraction of sp³-hybridized carbons (Fsp3) is 0.500. The summed E-state index contributed by atoms with van der Waals surface area (Å²) in [7, 11) is 0. The second-order valence-corrected chi connectivity index (χ2v) is 6.05. The van der Waals surface area contributed by atoms with Gasteiger partial charge in [0.2, 0.25) is 5.91 Å². The molecule has 1 aliphatic rings. The first-order valence-electron chi connectivity index (χ1n) is 6.71. The highest BCUT2D eigenvalue weighted by atomic mass is 79.9. The van der Waals surface area contributed by atoms with E-state index in [0.29, 0.717) is 22.6 Å². The maximum atomic E-state index is 13.6. The lowest BCUT2D eigenvalue weighted by molar-refractivity contribution is -0.119. The maximum Gasteiger partial charge on any atom is 0.216 e. The van der Waals surface area contributed by atoms with Crippen molar-refractivity contribution in [3.8, 4) is 0 Å². The molecule has 1 amide bonds. The average molecular weight is 344 g/mol. The lowest BCUT2D eigenvalue weighted by Gasteiger charge is -2.34. The fourth-order valence-electron chi connectivity index (χ4n) is 2.49. The molecule has 1 aliphatic heterocycles. The van der Waals surface area contributed by atoms with Crippen LogP contribution in [0.25, 0.3) is 0 Å². The number of carbonyl (C=O) groups is 1. The number of hydrogen-bond acceptors (Lipinski definition) is 3. The van der Waals surface area contributed by atoms with Gasteiger partial charge in [0, 0.05) is 32.6 Å². The molecule has 20 heavy (non-hydrogen) atoms. The Morgan fingerprint density at radius 3 is 2.75 bits per heavy atom. The van der Waals surface area contributed by atoms with Gasteiger partial charge < -0.3 is 16.0 Å². The number of nitrogens with zero attached hydrogens (tertiary/aromatic N) is 1. The molecule has 3 N–H and O–H groups in total. The first-order chi connectivity index (χ1) is 9.47. The van der Waals surface area contributed by atoms with Crippen molar-refractivity contribution >= 4 is 33.2 Å². The van der Waals surface area contributed by atoms with Gasteiger partial charge >= 0.3 is 0 Å². The minimum atomic E-state index is -0.297. The van der Waals surface area contributed by atoms with Crippen molar-refractivity contribution in [3.05, 3.63) is 22.4 Å². The van der Waals surface area contributed by atoms with Crippen LogP contribution in [-0.4, -0.2) is 25.5 Å². The zero-order valence-corrected chi connectivity index (χ0v) is 13.0. The first-order valence-corrected chi connectivity index (χ1v) is 7.50. The number of amides is 1. The summed E-state index contributed by atoms with van der Waals surface area (Å²) in [5.41, 5.74) is 7.29. The number of benzene rings is 1. The molecule has 2 rings (SSSR count). The van der Waals surface area contributed by atoms with E-state index in [0.717, 1.165) is 31.6 Å². The summed E-state index contributed by atoms with van der Waals surface area (Å²) in [4.78, 5) is 13.0. The molecule has 110 valence electrons. The average Bonchev–Trinajstić information content (AvgIpc) is 2.41. The van der Waals surface area contributed by atoms with Crippen LogP contribution in [-0.2, 0) is 4.79 Å². The highest BCUT2D eigenvalue weighted by Crippen LogP contribution is 2.32. The van der Waals surface area contributed by atoms with E-state index >= 15 is 0 Å². The van der Waals surface area contributed by atoms with Gasteiger partial charge in [-0.15, -0.1) is 0 Å². The molecule has 0 spiro atoms. The summed E-state index contributed by atoms with van der Waals surface area (Å²) in [5, 5.41) is 2.85. The molecule has 1 fully saturated rings. The Hall–Kier alpha value is -1.30. The molecule has 6 heteroatoms. The summed E-state index contributed by atoms with van der Waals surface area (Å²) in [5.74, 6) is 0.192. The van der Waals surface area contributed by atoms with E-state index in [9.17, 15) is 9.18 Å². The lowest BCUT2D eigenvalue weighted by atomic mass is 9.96. The third-order valence-corrected chi connectivity index (χ3v) is 4.27. The fourth-order valence-corrected chi connectivity index (χ4v) is 2.85. The van der Waals surface area contributed by atoms with Crippen molar-refractivity contribution in [1.29, 1.82) is 0 Å². The Labute approximate surface area is 126 Å². The number of nitrogen functional groups attached to an aromatic ring is 1. The minimum absolute atomic E-state index is 0.00616. The summed E-state index contributed by atoms with van der Waals surface area (Å²) >= 11 is 3.13. The molecule has 0 aromatic heterocycles. The number of carbonyl (C=O) groups excluding carboxylic acids is 1. The van der Waals surface area contributed by atoms with Crippen LogP contribution in [0.15, 0.2) is 16.6 Å². The van der Waals surface area contributed by atoms with Crippen molar-refractivity contribution in [2.24, 2.45) is 5.92 Å². The monoisotopic (exact) mass is 343 g/mol. The van der Waals surface area contributed by atoms with Crippen LogP contribution in [0.5, 0.6) is 0 Å². The van der Waals surface area contributed by atoms with E-state index < -0.39 is 0 Å². The van der Waals surface area contributed by atoms with Gasteiger partial charge in [-0.05, 0) is 40.8 Å². The van der Waals surface area contributed by atoms with Gasteiger partial charge in [0.25, 0.3) is 0 Å². The molecular weight excluding hydrogens is 325 g/mol. The number of nitrogens with one attached hydrogen (secondary N) is 1. The third kappa shape index (κ3) is 3.62. The topological polar surface area (TPSA) is 58.4 Å². The van der Waals surface area contributed by atoms with Gasteiger partial charge in [-0.1, -0.05) is 0 Å². The molecule has 0 bridgehead atoms. The smallest absolute Gasteiger partial charge is 0.216 e. The number of hydrogen-bond donors (Lipinski definition) is 2. The predicted molar refractivity (Wildman–Crippen MR) is 82.1 cm³/mol. The molecule has 0 atom stereocenters. The predicted octanol–water partition coefficient (Wildman–Crippen LogP) is 2.52. The zero-order chi connectivity index (χ0) is 14.7. The van der Waals surface area contributed by atoms with Gasteiger partial charge in [-0.2, -0.15) is 0 Å². The van der Waals surface area contributed by atoms with Gasteiger partial charge in [-0.3, -0.25) is 4.79 Å². The third-order valence-electron chi connectivity index (χ3n) is 3.66. The Bertz CT molecular complexity index is 501. The van der Waals surface area contributed by atoms with Crippen LogP contribution < -0.4 is 16.0 Å². The number of piperidine rings is 1. The van der Waals surface area contributed by atoms with E-state index in [2.05, 4.69) is 26.1 Å². The largest absolute Gasteiger partial charge is 0.397 e. The number of anilines is 2. The van der Waals surface area contributed by atoms with Gasteiger partial charge in [0.1, 0.15) is 5.82 Å². The van der Waals surface area contributed by atoms with Crippen LogP contribution in [0, 0.1) is 11.7 Å². The Kier molecular flexibility index (Phi) is 4.86. The van der Waals surface area contributed by atoms with Gasteiger partial charge in [-0.25, -0.2) is 4.39 Å². The minimum Gasteiger partial charge on any atom is -0.397 e. The number of nitrogens with two attached hydrogens (primary N) is 1. The van der Waals surface area contributed by atoms with Crippen LogP contribution in [0.3, 0.4) is 0 Å². The number of halogens is 2. The summed E-state index contributed by atoms with van der Waals surface area (Å²) in [6.07, 6.45) is 1.94. The summed E-state index contributed by atoms with van der Waals surface area (Å²) < 4.78 is 14.0. The summed E-state index contributed by atoms with van der Waals surface area (Å²) in [6.45, 7) is 3.90. The van der Waals surface area contributed by atoms with Crippen molar-refractivity contribution in [3.63, 3.8) is 0 Å². The standard InChI is InChI=1S/C14H19BrFN3O/c1-9(20)18-8-10-2-4-19(5-3-10)14-7-12(16)11(15)6-13(14)17/h6-7,10H,2-5,8,17H2,1H3,(H,18,20). The Morgan fingerprint density at radius 1 is 1.50 bits per heavy atom. The van der Waals surface area contributed by atoms with Gasteiger partial charge in [0.05, 0.1) is 15.8 Å². The second-order valence-electron chi connectivity index (χ2n) is 5.19. The van der Waals surface area contributed by atoms with Crippen LogP contribution >= 0.6 is 15.9 Å². The molecular formula is C14H19BrFN3O. The van der Waals surface area contributed by atoms with Crippen molar-refractivity contribution in [2.75, 3.05) is 30.3 Å². The SMILES string of the molecule is CC(=O)NCC1CCN(c2cc(F)c(Br)cc2N)CC1. The Balaban J connectivity index is 1.97. The van der Waals surface area contributed by atoms with Crippen LogP contribution in [0.1, 0.15) is 19.8 Å². The van der Waals surface area contributed by atoms with E-state index in [4.69, 9.17) is 5.73 Å². The van der Waals surface area contributed by atoms with Crippen LogP contribution in [0.4, 0.5) is 15.8 Å². The van der Waals surface area contributed by atoms with Crippen molar-refractivity contribution in [1.82, 2.24) is 5.32 Å². The molecule has 1 saturated heterocycles. The quantitative estimate of drug-likeness (QED) is 0.829. The van der Waals surface area contributed by atoms with Gasteiger partial charge in [0.15, 0.2) is 0 Å². The highest BCUT2D eigenvalue weighted by molar-refractivity contribution is 9.10. The maximum absolute atomic E-state index is 13.6. The zero-order valence-electron chi connectivity index (χ0n) is 11.5. The number of rotatable bonds is 3. The highest BCUT2D eigenvalue weighted by Gasteiger charge is 2.21. The normalized spacial score (nSPS) is 16.2. The lowest BCUT2D eigenvalue weighted by Crippen LogP contribution is -2.38. The molecule has 0 saturated carbocycles.